The molecule has 0 fully saturated rings. The van der Waals surface area contributed by atoms with E-state index in [1.165, 1.54) is 44.9 Å². The highest BCUT2D eigenvalue weighted by Gasteiger charge is 2.10. The molecular weight excluding hydrogens is 318 g/mol. The van der Waals surface area contributed by atoms with Crippen molar-refractivity contribution in [3.63, 3.8) is 0 Å². The molecule has 21 heavy (non-hydrogen) atoms. The lowest BCUT2D eigenvalue weighted by Crippen LogP contribution is -1.88. The van der Waals surface area contributed by atoms with Gasteiger partial charge in [0, 0.05) is 6.16 Å². The van der Waals surface area contributed by atoms with Crippen LogP contribution in [0.1, 0.15) is 71.1 Å². The van der Waals surface area contributed by atoms with Crippen LogP contribution in [0.3, 0.4) is 0 Å². The molecule has 9 heteroatoms. The molecule has 0 rings (SSSR count). The van der Waals surface area contributed by atoms with Crippen molar-refractivity contribution in [1.29, 1.82) is 0 Å². The first-order valence-electron chi connectivity index (χ1n) is 7.39. The Morgan fingerprint density at radius 2 is 0.905 bits per heavy atom. The Hall–Kier alpha value is 0.260. The van der Waals surface area contributed by atoms with Gasteiger partial charge in [0.05, 0.1) is 0 Å². The summed E-state index contributed by atoms with van der Waals surface area (Å²) in [5, 5.41) is 0. The molecule has 0 radical (unpaired) electrons. The molecule has 0 spiro atoms. The molecule has 0 aromatic heterocycles. The summed E-state index contributed by atoms with van der Waals surface area (Å²) in [7, 11) is -8.38. The molecule has 0 aliphatic carbocycles. The van der Waals surface area contributed by atoms with E-state index in [2.05, 4.69) is 6.92 Å². The van der Waals surface area contributed by atoms with Gasteiger partial charge >= 0.3 is 15.4 Å². The van der Waals surface area contributed by atoms with Crippen molar-refractivity contribution in [2.45, 2.75) is 71.1 Å². The molecule has 0 aliphatic heterocycles. The molecular formula is C12H30O7P2. The molecule has 0 amide bonds. The van der Waals surface area contributed by atoms with E-state index in [-0.39, 0.29) is 6.16 Å². The third-order valence-electron chi connectivity index (χ3n) is 2.80. The van der Waals surface area contributed by atoms with Gasteiger partial charge in [-0.25, -0.2) is 4.57 Å². The summed E-state index contributed by atoms with van der Waals surface area (Å²) in [5.74, 6) is 0. The number of hydrogen-bond acceptors (Lipinski definition) is 2. The van der Waals surface area contributed by atoms with E-state index in [9.17, 15) is 4.57 Å². The summed E-state index contributed by atoms with van der Waals surface area (Å²) in [6.07, 6.45) is 12.0. The Labute approximate surface area is 127 Å². The van der Waals surface area contributed by atoms with Gasteiger partial charge in [-0.2, -0.15) is 0 Å². The second-order valence-corrected chi connectivity index (χ2v) is 7.89. The number of unbranched alkanes of at least 4 members (excludes halogenated alkanes) is 9. The second kappa shape index (κ2) is 13.9. The maximum Gasteiger partial charge on any atom is 0.466 e. The molecule has 0 aromatic rings. The number of rotatable bonds is 11. The predicted octanol–water partition coefficient (Wildman–Crippen LogP) is 3.16. The zero-order chi connectivity index (χ0) is 16.8. The largest absolute Gasteiger partial charge is 0.466 e. The van der Waals surface area contributed by atoms with Crippen LogP contribution in [0.4, 0.5) is 0 Å². The van der Waals surface area contributed by atoms with E-state index < -0.39 is 15.4 Å². The van der Waals surface area contributed by atoms with Gasteiger partial charge in [0.2, 0.25) is 0 Å². The van der Waals surface area contributed by atoms with E-state index in [4.69, 9.17) is 29.0 Å². The maximum absolute atomic E-state index is 10.6. The molecule has 0 unspecified atom stereocenters. The molecule has 0 saturated carbocycles. The van der Waals surface area contributed by atoms with Gasteiger partial charge in [-0.3, -0.25) is 4.57 Å². The summed E-state index contributed by atoms with van der Waals surface area (Å²) in [6.45, 7) is 2.22. The molecule has 0 bridgehead atoms. The number of phosphoric acid groups is 1. The number of hydrogen-bond donors (Lipinski definition) is 5. The Balaban J connectivity index is 0. The standard InChI is InChI=1S/C12H27O3P.H3O4P/c1-2-3-4-5-6-7-8-9-10-11-12-16(13,14)15;1-5(2,3)4/h2-12H2,1H3,(H2,13,14,15);(H3,1,2,3,4). The van der Waals surface area contributed by atoms with Crippen LogP contribution in [0.25, 0.3) is 0 Å². The quantitative estimate of drug-likeness (QED) is 0.286. The van der Waals surface area contributed by atoms with Crippen LogP contribution in [0.2, 0.25) is 0 Å². The van der Waals surface area contributed by atoms with Gasteiger partial charge in [0.25, 0.3) is 0 Å². The highest BCUT2D eigenvalue weighted by Crippen LogP contribution is 2.35. The van der Waals surface area contributed by atoms with Crippen molar-refractivity contribution < 1.29 is 33.6 Å². The minimum atomic E-state index is -4.64. The zero-order valence-electron chi connectivity index (χ0n) is 12.7. The lowest BCUT2D eigenvalue weighted by molar-refractivity contribution is 0.275. The summed E-state index contributed by atoms with van der Waals surface area (Å²) < 4.78 is 19.4. The Bertz CT molecular complexity index is 302. The average molecular weight is 348 g/mol. The van der Waals surface area contributed by atoms with Crippen LogP contribution in [0, 0.1) is 0 Å². The molecule has 0 heterocycles. The topological polar surface area (TPSA) is 135 Å². The van der Waals surface area contributed by atoms with Crippen molar-refractivity contribution in [1.82, 2.24) is 0 Å². The zero-order valence-corrected chi connectivity index (χ0v) is 14.5. The van der Waals surface area contributed by atoms with E-state index >= 15 is 0 Å². The smallest absolute Gasteiger partial charge is 0.324 e. The summed E-state index contributed by atoms with van der Waals surface area (Å²) in [4.78, 5) is 38.9. The van der Waals surface area contributed by atoms with Gasteiger partial charge in [0.15, 0.2) is 0 Å². The fraction of sp³-hybridized carbons (Fsp3) is 1.00. The first kappa shape index (κ1) is 23.5. The predicted molar refractivity (Wildman–Crippen MR) is 83.0 cm³/mol. The van der Waals surface area contributed by atoms with Crippen LogP contribution >= 0.6 is 15.4 Å². The van der Waals surface area contributed by atoms with Crippen molar-refractivity contribution >= 4 is 15.4 Å². The van der Waals surface area contributed by atoms with Crippen molar-refractivity contribution in [3.05, 3.63) is 0 Å². The van der Waals surface area contributed by atoms with E-state index in [1.54, 1.807) is 0 Å². The van der Waals surface area contributed by atoms with Crippen molar-refractivity contribution in [2.75, 3.05) is 6.16 Å². The molecule has 7 nitrogen and oxygen atoms in total. The fourth-order valence-corrected chi connectivity index (χ4v) is 2.44. The van der Waals surface area contributed by atoms with Crippen LogP contribution in [0.5, 0.6) is 0 Å². The molecule has 0 saturated heterocycles. The van der Waals surface area contributed by atoms with Crippen molar-refractivity contribution in [2.24, 2.45) is 0 Å². The third kappa shape index (κ3) is 38.4. The third-order valence-corrected chi connectivity index (χ3v) is 3.70. The van der Waals surface area contributed by atoms with Crippen LogP contribution in [-0.4, -0.2) is 30.6 Å². The van der Waals surface area contributed by atoms with Gasteiger partial charge in [-0.05, 0) is 6.42 Å². The van der Waals surface area contributed by atoms with E-state index in [0.717, 1.165) is 12.8 Å². The molecule has 0 aliphatic rings. The van der Waals surface area contributed by atoms with Gasteiger partial charge in [-0.1, -0.05) is 64.7 Å². The lowest BCUT2D eigenvalue weighted by atomic mass is 10.1. The van der Waals surface area contributed by atoms with Gasteiger partial charge in [0.1, 0.15) is 0 Å². The van der Waals surface area contributed by atoms with Gasteiger partial charge in [-0.15, -0.1) is 0 Å². The highest BCUT2D eigenvalue weighted by atomic mass is 31.2. The van der Waals surface area contributed by atoms with Crippen LogP contribution in [0.15, 0.2) is 0 Å². The van der Waals surface area contributed by atoms with E-state index in [1.807, 2.05) is 0 Å². The Morgan fingerprint density at radius 1 is 0.619 bits per heavy atom. The molecule has 5 N–H and O–H groups in total. The Kier molecular flexibility index (Phi) is 15.6. The lowest BCUT2D eigenvalue weighted by Gasteiger charge is -2.03. The maximum atomic E-state index is 10.6. The Morgan fingerprint density at radius 3 is 1.19 bits per heavy atom. The summed E-state index contributed by atoms with van der Waals surface area (Å²) in [5.41, 5.74) is 0. The average Bonchev–Trinajstić information content (AvgIpc) is 2.28. The molecule has 0 aromatic carbocycles. The summed E-state index contributed by atoms with van der Waals surface area (Å²) >= 11 is 0. The van der Waals surface area contributed by atoms with Crippen LogP contribution < -0.4 is 0 Å². The summed E-state index contributed by atoms with van der Waals surface area (Å²) in [6, 6.07) is 0. The highest BCUT2D eigenvalue weighted by molar-refractivity contribution is 7.51. The fourth-order valence-electron chi connectivity index (χ4n) is 1.81. The normalized spacial score (nSPS) is 11.9. The molecule has 0 atom stereocenters. The first-order valence-corrected chi connectivity index (χ1v) is 10.8. The molecule has 130 valence electrons. The van der Waals surface area contributed by atoms with Gasteiger partial charge < -0.3 is 24.5 Å². The first-order chi connectivity index (χ1) is 9.56. The minimum absolute atomic E-state index is 0.0590. The minimum Gasteiger partial charge on any atom is -0.324 e. The van der Waals surface area contributed by atoms with Crippen molar-refractivity contribution in [3.8, 4) is 0 Å². The van der Waals surface area contributed by atoms with E-state index in [0.29, 0.717) is 6.42 Å². The SMILES string of the molecule is CCCCCCCCCCCCP(=O)(O)O.O=P(O)(O)O. The van der Waals surface area contributed by atoms with Crippen LogP contribution in [-0.2, 0) is 9.13 Å². The second-order valence-electron chi connectivity index (χ2n) is 5.08. The monoisotopic (exact) mass is 348 g/mol.